The molecule has 0 aromatic carbocycles. The van der Waals surface area contributed by atoms with Crippen LogP contribution in [0.5, 0.6) is 0 Å². The molecule has 29 heavy (non-hydrogen) atoms. The van der Waals surface area contributed by atoms with E-state index in [9.17, 15) is 33.6 Å². The number of anilines is 1. The summed E-state index contributed by atoms with van der Waals surface area (Å²) in [4.78, 5) is 50.5. The summed E-state index contributed by atoms with van der Waals surface area (Å²) in [5.41, 5.74) is 4.39. The Labute approximate surface area is 160 Å². The fourth-order valence-electron chi connectivity index (χ4n) is 2.19. The van der Waals surface area contributed by atoms with Gasteiger partial charge in [-0.3, -0.25) is 9.09 Å². The average Bonchev–Trinajstić information content (AvgIpc) is 2.78. The number of phosphoric acid groups is 3. The lowest BCUT2D eigenvalue weighted by Crippen LogP contribution is -2.36. The van der Waals surface area contributed by atoms with Crippen molar-refractivity contribution in [2.45, 2.75) is 24.5 Å². The summed E-state index contributed by atoms with van der Waals surface area (Å²) in [6, 6.07) is 1.20. The molecule has 3 unspecified atom stereocenters. The zero-order valence-electron chi connectivity index (χ0n) is 13.9. The van der Waals surface area contributed by atoms with Crippen LogP contribution in [-0.2, 0) is 31.6 Å². The Kier molecular flexibility index (Phi) is 7.20. The molecule has 0 aliphatic carbocycles. The van der Waals surface area contributed by atoms with Crippen molar-refractivity contribution in [3.05, 3.63) is 22.7 Å². The van der Waals surface area contributed by atoms with Gasteiger partial charge in [0, 0.05) is 6.20 Å². The van der Waals surface area contributed by atoms with Gasteiger partial charge in [0.2, 0.25) is 0 Å². The minimum absolute atomic E-state index is 0.122. The number of hydrogen-bond acceptors (Lipinski definition) is 12. The van der Waals surface area contributed by atoms with Gasteiger partial charge >= 0.3 is 29.2 Å². The van der Waals surface area contributed by atoms with Crippen molar-refractivity contribution in [2.24, 2.45) is 0 Å². The van der Waals surface area contributed by atoms with Crippen molar-refractivity contribution in [3.8, 4) is 0 Å². The first-order valence-electron chi connectivity index (χ1n) is 7.25. The third kappa shape index (κ3) is 6.73. The summed E-state index contributed by atoms with van der Waals surface area (Å²) in [5.74, 6) is -0.122. The number of nitrogens with two attached hydrogens (primary N) is 1. The molecule has 0 saturated carbocycles. The Morgan fingerprint density at radius 2 is 1.72 bits per heavy atom. The van der Waals surface area contributed by atoms with Crippen LogP contribution in [0.4, 0.5) is 5.82 Å². The Bertz CT molecular complexity index is 946. The van der Waals surface area contributed by atoms with Gasteiger partial charge in [0.15, 0.2) is 6.23 Å². The van der Waals surface area contributed by atoms with Crippen LogP contribution in [0.25, 0.3) is 0 Å². The first kappa shape index (κ1) is 24.2. The van der Waals surface area contributed by atoms with Gasteiger partial charge in [-0.05, 0) is 6.07 Å². The third-order valence-electron chi connectivity index (χ3n) is 3.28. The van der Waals surface area contributed by atoms with Gasteiger partial charge in [-0.2, -0.15) is 13.6 Å². The predicted molar refractivity (Wildman–Crippen MR) is 88.6 cm³/mol. The zero-order chi connectivity index (χ0) is 22.2. The van der Waals surface area contributed by atoms with E-state index in [4.69, 9.17) is 25.2 Å². The molecular formula is C9H16N3O14P3. The molecule has 20 heteroatoms. The van der Waals surface area contributed by atoms with Gasteiger partial charge in [-0.15, -0.1) is 0 Å². The summed E-state index contributed by atoms with van der Waals surface area (Å²) >= 11 is 0. The van der Waals surface area contributed by atoms with Gasteiger partial charge in [0.05, 0.1) is 6.61 Å². The van der Waals surface area contributed by atoms with Crippen LogP contribution in [0.1, 0.15) is 6.23 Å². The molecule has 17 nitrogen and oxygen atoms in total. The fraction of sp³-hybridized carbons (Fsp3) is 0.556. The van der Waals surface area contributed by atoms with Crippen molar-refractivity contribution in [3.63, 3.8) is 0 Å². The summed E-state index contributed by atoms with van der Waals surface area (Å²) in [5, 5.41) is 20.0. The first-order valence-corrected chi connectivity index (χ1v) is 11.8. The number of nitrogens with zero attached hydrogens (tertiary/aromatic N) is 2. The van der Waals surface area contributed by atoms with Gasteiger partial charge < -0.3 is 40.3 Å². The molecule has 1 aromatic rings. The third-order valence-corrected chi connectivity index (χ3v) is 7.08. The minimum Gasteiger partial charge on any atom is -0.387 e. The van der Waals surface area contributed by atoms with Crippen molar-refractivity contribution in [2.75, 3.05) is 12.3 Å². The molecule has 8 N–H and O–H groups in total. The molecule has 1 fully saturated rings. The van der Waals surface area contributed by atoms with Crippen LogP contribution in [0.3, 0.4) is 0 Å². The SMILES string of the molecule is Nc1ccn([C@@H]2O[C@H](COP(=O)(O)OP(=O)(O)OP(=O)(O)O)C(O)[C@@H]2O)c(=O)n1. The van der Waals surface area contributed by atoms with Gasteiger partial charge in [-0.1, -0.05) is 0 Å². The Morgan fingerprint density at radius 3 is 2.28 bits per heavy atom. The van der Waals surface area contributed by atoms with Gasteiger partial charge in [0.1, 0.15) is 24.1 Å². The monoisotopic (exact) mass is 483 g/mol. The predicted octanol–water partition coefficient (Wildman–Crippen LogP) is -2.21. The number of phosphoric ester groups is 1. The fourth-order valence-corrected chi connectivity index (χ4v) is 5.22. The number of ether oxygens (including phenoxy) is 1. The molecule has 1 aliphatic rings. The van der Waals surface area contributed by atoms with Crippen LogP contribution in [0.2, 0.25) is 0 Å². The molecule has 0 bridgehead atoms. The van der Waals surface area contributed by atoms with E-state index in [0.717, 1.165) is 10.8 Å². The lowest BCUT2D eigenvalue weighted by atomic mass is 10.1. The van der Waals surface area contributed by atoms with Crippen LogP contribution < -0.4 is 11.4 Å². The molecule has 0 spiro atoms. The molecule has 2 rings (SSSR count). The maximum atomic E-state index is 11.8. The summed E-state index contributed by atoms with van der Waals surface area (Å²) in [7, 11) is -16.7. The number of hydrogen-bond donors (Lipinski definition) is 7. The molecular weight excluding hydrogens is 467 g/mol. The van der Waals surface area contributed by atoms with E-state index in [1.54, 1.807) is 0 Å². The highest BCUT2D eigenvalue weighted by Crippen LogP contribution is 2.66. The van der Waals surface area contributed by atoms with E-state index >= 15 is 0 Å². The lowest BCUT2D eigenvalue weighted by Gasteiger charge is -2.19. The molecule has 1 aliphatic heterocycles. The largest absolute Gasteiger partial charge is 0.490 e. The summed E-state index contributed by atoms with van der Waals surface area (Å²) < 4.78 is 50.8. The quantitative estimate of drug-likeness (QED) is 0.193. The van der Waals surface area contributed by atoms with Crippen molar-refractivity contribution < 1.29 is 61.4 Å². The van der Waals surface area contributed by atoms with Crippen molar-refractivity contribution in [1.29, 1.82) is 0 Å². The smallest absolute Gasteiger partial charge is 0.387 e. The van der Waals surface area contributed by atoms with E-state index in [-0.39, 0.29) is 5.82 Å². The second-order valence-corrected chi connectivity index (χ2v) is 9.90. The standard InChI is InChI=1S/C9H16N3O14P3/c10-5-1-2-12(9(15)11-5)8-7(14)6(13)4(24-8)3-23-28(19,20)26-29(21,22)25-27(16,17)18/h1-2,4,6-8,13-14H,3H2,(H,19,20)(H,21,22)(H2,10,11,15)(H2,16,17,18)/t4-,6?,7+,8-/m1/s1. The molecule has 1 saturated heterocycles. The highest BCUT2D eigenvalue weighted by molar-refractivity contribution is 7.66. The van der Waals surface area contributed by atoms with E-state index in [0.29, 0.717) is 0 Å². The normalized spacial score (nSPS) is 29.3. The topological polar surface area (TPSA) is 270 Å². The average molecular weight is 483 g/mol. The number of aromatic nitrogens is 2. The van der Waals surface area contributed by atoms with E-state index in [1.807, 2.05) is 0 Å². The first-order chi connectivity index (χ1) is 13.1. The molecule has 0 amide bonds. The van der Waals surface area contributed by atoms with Crippen LogP contribution in [0, 0.1) is 0 Å². The van der Waals surface area contributed by atoms with E-state index in [2.05, 4.69) is 18.1 Å². The molecule has 0 radical (unpaired) electrons. The van der Waals surface area contributed by atoms with Crippen LogP contribution in [0.15, 0.2) is 17.1 Å². The van der Waals surface area contributed by atoms with Crippen molar-refractivity contribution >= 4 is 29.3 Å². The number of nitrogen functional groups attached to an aromatic ring is 1. The Balaban J connectivity index is 2.05. The van der Waals surface area contributed by atoms with Gasteiger partial charge in [-0.25, -0.2) is 18.5 Å². The number of aliphatic hydroxyl groups excluding tert-OH is 2. The molecule has 6 atom stereocenters. The Morgan fingerprint density at radius 1 is 1.10 bits per heavy atom. The summed E-state index contributed by atoms with van der Waals surface area (Å²) in [6.07, 6.45) is -5.38. The van der Waals surface area contributed by atoms with Crippen molar-refractivity contribution in [1.82, 2.24) is 9.55 Å². The summed E-state index contributed by atoms with van der Waals surface area (Å²) in [6.45, 7) is -1.02. The van der Waals surface area contributed by atoms with E-state index in [1.165, 1.54) is 6.07 Å². The molecule has 166 valence electrons. The second-order valence-electron chi connectivity index (χ2n) is 5.48. The minimum atomic E-state index is -5.71. The molecule has 1 aromatic heterocycles. The van der Waals surface area contributed by atoms with Crippen LogP contribution >= 0.6 is 23.5 Å². The van der Waals surface area contributed by atoms with E-state index < -0.39 is 60.3 Å². The zero-order valence-corrected chi connectivity index (χ0v) is 16.6. The van der Waals surface area contributed by atoms with Crippen LogP contribution in [-0.4, -0.2) is 64.3 Å². The van der Waals surface area contributed by atoms with Gasteiger partial charge in [0.25, 0.3) is 0 Å². The second kappa shape index (κ2) is 8.61. The maximum Gasteiger partial charge on any atom is 0.490 e. The highest BCUT2D eigenvalue weighted by Gasteiger charge is 2.46. The highest BCUT2D eigenvalue weighted by atomic mass is 31.3. The number of rotatable bonds is 8. The Hall–Kier alpha value is -1.03. The maximum absolute atomic E-state index is 11.8. The molecule has 2 heterocycles. The lowest BCUT2D eigenvalue weighted by molar-refractivity contribution is -0.0541. The number of aliphatic hydroxyl groups is 2.